The minimum atomic E-state index is -4.76. The minimum Gasteiger partial charge on any atom is -0.508 e. The number of ether oxygens (including phenoxy) is 1. The second kappa shape index (κ2) is 13.5. The van der Waals surface area contributed by atoms with Gasteiger partial charge in [0.2, 0.25) is 11.8 Å². The zero-order valence-electron chi connectivity index (χ0n) is 28.5. The number of fused-ring (bicyclic) bond motifs is 4. The summed E-state index contributed by atoms with van der Waals surface area (Å²) in [4.78, 5) is 63.6. The summed E-state index contributed by atoms with van der Waals surface area (Å²) in [5.41, 5.74) is 1.17. The number of nitrogens with one attached hydrogen (secondary N) is 1. The molecule has 3 fully saturated rings. The van der Waals surface area contributed by atoms with Crippen molar-refractivity contribution in [3.05, 3.63) is 121 Å². The van der Waals surface area contributed by atoms with E-state index in [0.717, 1.165) is 3.57 Å². The highest BCUT2D eigenvalue weighted by Crippen LogP contribution is 2.65. The number of anilines is 2. The average Bonchev–Trinajstić information content (AvgIpc) is 3.53. The third-order valence-corrected chi connectivity index (χ3v) is 12.4. The molecular formula is C39H28Cl2F3IN4O6. The van der Waals surface area contributed by atoms with Gasteiger partial charge < -0.3 is 9.84 Å². The molecule has 4 aromatic rings. The molecule has 2 aliphatic heterocycles. The van der Waals surface area contributed by atoms with Crippen LogP contribution < -0.4 is 15.1 Å². The number of alkyl halides is 3. The number of halogens is 6. The number of imide groups is 2. The summed E-state index contributed by atoms with van der Waals surface area (Å²) in [7, 11) is 1.43. The number of hydrogen-bond acceptors (Lipinski definition) is 8. The fraction of sp³-hybridized carbons (Fsp3) is 0.256. The second-order valence-corrected chi connectivity index (χ2v) is 15.9. The summed E-state index contributed by atoms with van der Waals surface area (Å²) in [6.07, 6.45) is -2.34. The number of carbonyl (C=O) groups is 4. The van der Waals surface area contributed by atoms with E-state index in [9.17, 15) is 32.7 Å². The number of pyridine rings is 1. The second-order valence-electron chi connectivity index (χ2n) is 13.8. The number of phenolic OH excluding ortho intramolecular Hbond substituents is 1. The number of allylic oxidation sites excluding steroid dienone is 2. The summed E-state index contributed by atoms with van der Waals surface area (Å²) in [5, 5.41) is 12.1. The lowest BCUT2D eigenvalue weighted by Gasteiger charge is -2.50. The largest absolute Gasteiger partial charge is 0.508 e. The van der Waals surface area contributed by atoms with Crippen LogP contribution >= 0.6 is 45.8 Å². The van der Waals surface area contributed by atoms with Gasteiger partial charge in [-0.05, 0) is 108 Å². The van der Waals surface area contributed by atoms with E-state index in [2.05, 4.69) is 33.0 Å². The van der Waals surface area contributed by atoms with E-state index in [1.165, 1.54) is 24.1 Å². The number of phenols is 1. The van der Waals surface area contributed by atoms with Gasteiger partial charge in [0, 0.05) is 26.3 Å². The quantitative estimate of drug-likeness (QED) is 0.114. The number of aromatic hydroxyl groups is 1. The van der Waals surface area contributed by atoms with Gasteiger partial charge in [-0.1, -0.05) is 47.0 Å². The number of amides is 4. The number of methoxy groups -OCH3 is 1. The SMILES string of the molecule is COc1ccc(O)c([C@H]2C3=CC[C@@H]4C(=O)N(c5ccc(I)cc5)C(=O)[C@@H]4[C@@H]3C[C@H]3C(=O)N(Nc4ncc(C(F)(F)F)cc4Cl)C(=O)[C@@]23c2ccc(Cl)cc2)c1. The molecule has 282 valence electrons. The van der Waals surface area contributed by atoms with Gasteiger partial charge in [-0.3, -0.25) is 29.5 Å². The van der Waals surface area contributed by atoms with Crippen LogP contribution in [0.3, 0.4) is 0 Å². The first-order valence-electron chi connectivity index (χ1n) is 17.0. The monoisotopic (exact) mass is 902 g/mol. The van der Waals surface area contributed by atoms with Gasteiger partial charge in [-0.15, -0.1) is 0 Å². The Morgan fingerprint density at radius 3 is 2.31 bits per heavy atom. The Bertz CT molecular complexity index is 2330. The molecule has 8 rings (SSSR count). The van der Waals surface area contributed by atoms with Gasteiger partial charge >= 0.3 is 6.18 Å². The molecule has 0 unspecified atom stereocenters. The number of rotatable bonds is 6. The first-order valence-corrected chi connectivity index (χ1v) is 18.8. The van der Waals surface area contributed by atoms with Gasteiger partial charge in [0.25, 0.3) is 11.8 Å². The lowest BCUT2D eigenvalue weighted by atomic mass is 9.49. The summed E-state index contributed by atoms with van der Waals surface area (Å²) in [6.45, 7) is 0. The fourth-order valence-corrected chi connectivity index (χ4v) is 9.56. The molecule has 2 aliphatic carbocycles. The van der Waals surface area contributed by atoms with Gasteiger partial charge in [0.05, 0.1) is 46.6 Å². The van der Waals surface area contributed by atoms with Crippen molar-refractivity contribution in [3.8, 4) is 11.5 Å². The minimum absolute atomic E-state index is 0.0761. The number of nitrogens with zero attached hydrogens (tertiary/aromatic N) is 3. The predicted molar refractivity (Wildman–Crippen MR) is 203 cm³/mol. The molecule has 16 heteroatoms. The van der Waals surface area contributed by atoms with E-state index in [1.807, 2.05) is 6.08 Å². The molecule has 1 aromatic heterocycles. The molecule has 3 aromatic carbocycles. The molecule has 0 spiro atoms. The van der Waals surface area contributed by atoms with Crippen molar-refractivity contribution in [2.45, 2.75) is 30.4 Å². The van der Waals surface area contributed by atoms with E-state index in [1.54, 1.807) is 54.6 Å². The van der Waals surface area contributed by atoms with Crippen molar-refractivity contribution in [1.82, 2.24) is 9.99 Å². The molecule has 4 aliphatic rings. The number of aromatic nitrogens is 1. The molecule has 1 saturated carbocycles. The lowest BCUT2D eigenvalue weighted by molar-refractivity contribution is -0.139. The Morgan fingerprint density at radius 1 is 0.945 bits per heavy atom. The van der Waals surface area contributed by atoms with Gasteiger partial charge in [0.1, 0.15) is 11.5 Å². The van der Waals surface area contributed by atoms with E-state index in [0.29, 0.717) is 44.9 Å². The number of carbonyl (C=O) groups excluding carboxylic acids is 4. The Labute approximate surface area is 335 Å². The molecule has 2 saturated heterocycles. The fourth-order valence-electron chi connectivity index (χ4n) is 8.86. The maximum atomic E-state index is 15.3. The highest BCUT2D eigenvalue weighted by Gasteiger charge is 2.70. The summed E-state index contributed by atoms with van der Waals surface area (Å²) in [5.74, 6) is -7.51. The highest BCUT2D eigenvalue weighted by molar-refractivity contribution is 14.1. The molecule has 6 atom stereocenters. The van der Waals surface area contributed by atoms with Crippen molar-refractivity contribution < 1.29 is 42.2 Å². The number of hydrazine groups is 1. The van der Waals surface area contributed by atoms with E-state index in [-0.39, 0.29) is 35.9 Å². The van der Waals surface area contributed by atoms with Crippen molar-refractivity contribution in [2.75, 3.05) is 17.4 Å². The van der Waals surface area contributed by atoms with Crippen molar-refractivity contribution in [3.63, 3.8) is 0 Å². The van der Waals surface area contributed by atoms with E-state index >= 15 is 4.79 Å². The van der Waals surface area contributed by atoms with Crippen molar-refractivity contribution in [2.24, 2.45) is 23.7 Å². The van der Waals surface area contributed by atoms with Crippen LogP contribution in [0, 0.1) is 27.2 Å². The Morgan fingerprint density at radius 2 is 1.65 bits per heavy atom. The Balaban J connectivity index is 1.32. The van der Waals surface area contributed by atoms with Gasteiger partial charge in [0.15, 0.2) is 5.82 Å². The molecular weight excluding hydrogens is 875 g/mol. The van der Waals surface area contributed by atoms with Crippen LogP contribution in [-0.4, -0.2) is 45.8 Å². The van der Waals surface area contributed by atoms with E-state index in [4.69, 9.17) is 27.9 Å². The zero-order valence-corrected chi connectivity index (χ0v) is 32.2. The molecule has 0 bridgehead atoms. The summed E-state index contributed by atoms with van der Waals surface area (Å²) >= 11 is 14.7. The molecule has 2 N–H and O–H groups in total. The van der Waals surface area contributed by atoms with Crippen LogP contribution in [0.25, 0.3) is 0 Å². The van der Waals surface area contributed by atoms with Gasteiger partial charge in [-0.2, -0.15) is 18.2 Å². The normalized spacial score (nSPS) is 26.1. The van der Waals surface area contributed by atoms with Crippen molar-refractivity contribution in [1.29, 1.82) is 0 Å². The maximum absolute atomic E-state index is 15.3. The Hall–Kier alpha value is -4.67. The van der Waals surface area contributed by atoms with E-state index < -0.39 is 69.5 Å². The first kappa shape index (κ1) is 37.3. The van der Waals surface area contributed by atoms with Crippen LogP contribution in [-0.2, 0) is 30.8 Å². The molecule has 4 amide bonds. The zero-order chi connectivity index (χ0) is 39.1. The van der Waals surface area contributed by atoms with Crippen LogP contribution in [0.15, 0.2) is 90.6 Å². The third kappa shape index (κ3) is 5.77. The molecule has 3 heterocycles. The number of hydrogen-bond donors (Lipinski definition) is 2. The first-order chi connectivity index (χ1) is 26.2. The average molecular weight is 903 g/mol. The van der Waals surface area contributed by atoms with Crippen LogP contribution in [0.1, 0.15) is 35.4 Å². The standard InChI is InChI=1S/C39H28Cl2F3IN4O6/c1-55-23-10-13-30(50)27(15-23)32-24-11-12-25-31(36(53)48(34(25)51)22-8-6-21(45)7-9-22)26(24)16-28-35(52)49(37(54)38(28,32)18-2-4-20(40)5-3-18)47-33-29(41)14-19(17-46-33)39(42,43)44/h2-11,13-15,17,25-26,28,31-32,50H,12,16H2,1H3,(H,46,47)/t25-,26+,28-,31-,32+,38+/m0/s1. The van der Waals surface area contributed by atoms with Gasteiger partial charge in [-0.25, -0.2) is 4.98 Å². The third-order valence-electron chi connectivity index (χ3n) is 11.2. The predicted octanol–water partition coefficient (Wildman–Crippen LogP) is 7.92. The lowest BCUT2D eigenvalue weighted by Crippen LogP contribution is -2.53. The van der Waals surface area contributed by atoms with Crippen LogP contribution in [0.2, 0.25) is 10.0 Å². The molecule has 10 nitrogen and oxygen atoms in total. The maximum Gasteiger partial charge on any atom is 0.417 e. The van der Waals surface area contributed by atoms with Crippen molar-refractivity contribution >= 4 is 80.9 Å². The summed E-state index contributed by atoms with van der Waals surface area (Å²) < 4.78 is 46.9. The Kier molecular flexibility index (Phi) is 9.16. The van der Waals surface area contributed by atoms with Crippen LogP contribution in [0.4, 0.5) is 24.7 Å². The molecule has 0 radical (unpaired) electrons. The topological polar surface area (TPSA) is 129 Å². The highest BCUT2D eigenvalue weighted by atomic mass is 127. The molecule has 55 heavy (non-hydrogen) atoms. The summed E-state index contributed by atoms with van der Waals surface area (Å²) in [6, 6.07) is 18.4. The number of benzene rings is 3. The van der Waals surface area contributed by atoms with Crippen LogP contribution in [0.5, 0.6) is 11.5 Å². The smallest absolute Gasteiger partial charge is 0.417 e.